The summed E-state index contributed by atoms with van der Waals surface area (Å²) in [6, 6.07) is 8.63. The van der Waals surface area contributed by atoms with E-state index in [4.69, 9.17) is 4.74 Å². The average molecular weight is 275 g/mol. The number of carbonyl (C=O) groups is 1. The summed E-state index contributed by atoms with van der Waals surface area (Å²) in [6.45, 7) is 8.35. The molecular formula is C17H25NO2. The van der Waals surface area contributed by atoms with Crippen LogP contribution in [0.5, 0.6) is 0 Å². The smallest absolute Gasteiger partial charge is 0.320 e. The van der Waals surface area contributed by atoms with E-state index in [0.717, 1.165) is 25.9 Å². The molecule has 0 radical (unpaired) electrons. The van der Waals surface area contributed by atoms with Gasteiger partial charge in [0.25, 0.3) is 0 Å². The van der Waals surface area contributed by atoms with Crippen LogP contribution < -0.4 is 0 Å². The van der Waals surface area contributed by atoms with E-state index in [2.05, 4.69) is 36.1 Å². The molecular weight excluding hydrogens is 250 g/mol. The Hall–Kier alpha value is -1.35. The Bertz CT molecular complexity index is 448. The molecule has 0 atom stereocenters. The normalized spacial score (nSPS) is 17.4. The van der Waals surface area contributed by atoms with Gasteiger partial charge in [0.15, 0.2) is 0 Å². The summed E-state index contributed by atoms with van der Waals surface area (Å²) in [6.07, 6.45) is 2.23. The summed E-state index contributed by atoms with van der Waals surface area (Å²) in [7, 11) is 0. The maximum atomic E-state index is 11.7. The Kier molecular flexibility index (Phi) is 5.18. The molecule has 1 fully saturated rings. The van der Waals surface area contributed by atoms with E-state index in [1.807, 2.05) is 13.8 Å². The van der Waals surface area contributed by atoms with Crippen LogP contribution in [0.1, 0.15) is 43.7 Å². The number of hydrogen-bond donors (Lipinski definition) is 0. The molecule has 1 saturated heterocycles. The standard InChI is InChI=1S/C17H25NO2/c1-13(2)20-17(19)12-18-10-8-15(9-11-18)16-7-5-4-6-14(16)3/h4-7,13,15H,8-12H2,1-3H3. The van der Waals surface area contributed by atoms with Gasteiger partial charge in [-0.2, -0.15) is 0 Å². The van der Waals surface area contributed by atoms with E-state index in [0.29, 0.717) is 12.5 Å². The van der Waals surface area contributed by atoms with Crippen molar-refractivity contribution < 1.29 is 9.53 Å². The molecule has 0 aromatic heterocycles. The second-order valence-electron chi connectivity index (χ2n) is 5.95. The Labute approximate surface area is 121 Å². The lowest BCUT2D eigenvalue weighted by Crippen LogP contribution is -2.38. The van der Waals surface area contributed by atoms with Crippen molar-refractivity contribution in [2.24, 2.45) is 0 Å². The fourth-order valence-corrected chi connectivity index (χ4v) is 2.93. The van der Waals surface area contributed by atoms with Crippen molar-refractivity contribution in [2.75, 3.05) is 19.6 Å². The van der Waals surface area contributed by atoms with Crippen LogP contribution in [-0.2, 0) is 9.53 Å². The number of ether oxygens (including phenoxy) is 1. The van der Waals surface area contributed by atoms with Crippen LogP contribution in [0.25, 0.3) is 0 Å². The molecule has 3 nitrogen and oxygen atoms in total. The highest BCUT2D eigenvalue weighted by atomic mass is 16.5. The number of aryl methyl sites for hydroxylation is 1. The number of nitrogens with zero attached hydrogens (tertiary/aromatic N) is 1. The molecule has 2 rings (SSSR count). The molecule has 110 valence electrons. The minimum atomic E-state index is -0.102. The first-order valence-electron chi connectivity index (χ1n) is 7.53. The highest BCUT2D eigenvalue weighted by Crippen LogP contribution is 2.29. The quantitative estimate of drug-likeness (QED) is 0.791. The van der Waals surface area contributed by atoms with Gasteiger partial charge in [-0.3, -0.25) is 9.69 Å². The van der Waals surface area contributed by atoms with Gasteiger partial charge in [-0.15, -0.1) is 0 Å². The maximum absolute atomic E-state index is 11.7. The van der Waals surface area contributed by atoms with Gasteiger partial charge in [-0.25, -0.2) is 0 Å². The van der Waals surface area contributed by atoms with Gasteiger partial charge in [-0.1, -0.05) is 24.3 Å². The fourth-order valence-electron chi connectivity index (χ4n) is 2.93. The minimum absolute atomic E-state index is 0.0213. The summed E-state index contributed by atoms with van der Waals surface area (Å²) >= 11 is 0. The third-order valence-electron chi connectivity index (χ3n) is 3.94. The second kappa shape index (κ2) is 6.89. The predicted molar refractivity (Wildman–Crippen MR) is 80.8 cm³/mol. The summed E-state index contributed by atoms with van der Waals surface area (Å²) in [4.78, 5) is 13.9. The molecule has 0 N–H and O–H groups in total. The van der Waals surface area contributed by atoms with E-state index < -0.39 is 0 Å². The van der Waals surface area contributed by atoms with Crippen LogP contribution in [0.2, 0.25) is 0 Å². The van der Waals surface area contributed by atoms with Crippen molar-refractivity contribution in [1.82, 2.24) is 4.90 Å². The monoisotopic (exact) mass is 275 g/mol. The molecule has 0 aliphatic carbocycles. The van der Waals surface area contributed by atoms with Crippen LogP contribution in [0.15, 0.2) is 24.3 Å². The molecule has 0 unspecified atom stereocenters. The third-order valence-corrected chi connectivity index (χ3v) is 3.94. The molecule has 0 amide bonds. The van der Waals surface area contributed by atoms with E-state index >= 15 is 0 Å². The van der Waals surface area contributed by atoms with Crippen LogP contribution >= 0.6 is 0 Å². The summed E-state index contributed by atoms with van der Waals surface area (Å²) < 4.78 is 5.20. The Morgan fingerprint density at radius 1 is 1.30 bits per heavy atom. The summed E-state index contributed by atoms with van der Waals surface area (Å²) in [5, 5.41) is 0. The fraction of sp³-hybridized carbons (Fsp3) is 0.588. The van der Waals surface area contributed by atoms with Gasteiger partial charge < -0.3 is 4.74 Å². The number of rotatable bonds is 4. The molecule has 1 aromatic carbocycles. The van der Waals surface area contributed by atoms with E-state index in [9.17, 15) is 4.79 Å². The second-order valence-corrected chi connectivity index (χ2v) is 5.95. The predicted octanol–water partition coefficient (Wildman–Crippen LogP) is 3.13. The Balaban J connectivity index is 1.84. The van der Waals surface area contributed by atoms with Crippen molar-refractivity contribution in [3.63, 3.8) is 0 Å². The van der Waals surface area contributed by atoms with Crippen LogP contribution in [0.4, 0.5) is 0 Å². The number of likely N-dealkylation sites (tertiary alicyclic amines) is 1. The molecule has 1 aromatic rings. The van der Waals surface area contributed by atoms with Gasteiger partial charge in [0.05, 0.1) is 12.6 Å². The molecule has 0 spiro atoms. The topological polar surface area (TPSA) is 29.5 Å². The lowest BCUT2D eigenvalue weighted by atomic mass is 9.87. The Morgan fingerprint density at radius 3 is 2.55 bits per heavy atom. The van der Waals surface area contributed by atoms with Gasteiger partial charge in [-0.05, 0) is 63.7 Å². The van der Waals surface area contributed by atoms with Crippen LogP contribution in [-0.4, -0.2) is 36.6 Å². The van der Waals surface area contributed by atoms with Crippen LogP contribution in [0.3, 0.4) is 0 Å². The molecule has 1 aliphatic rings. The van der Waals surface area contributed by atoms with Crippen molar-refractivity contribution in [2.45, 2.75) is 45.6 Å². The number of esters is 1. The lowest BCUT2D eigenvalue weighted by Gasteiger charge is -2.32. The third kappa shape index (κ3) is 4.07. The number of piperidine rings is 1. The zero-order valence-corrected chi connectivity index (χ0v) is 12.8. The zero-order chi connectivity index (χ0) is 14.5. The van der Waals surface area contributed by atoms with Gasteiger partial charge in [0, 0.05) is 0 Å². The maximum Gasteiger partial charge on any atom is 0.320 e. The number of carbonyl (C=O) groups excluding carboxylic acids is 1. The highest BCUT2D eigenvalue weighted by molar-refractivity contribution is 5.71. The van der Waals surface area contributed by atoms with E-state index in [-0.39, 0.29) is 12.1 Å². The van der Waals surface area contributed by atoms with Crippen LogP contribution in [0, 0.1) is 6.92 Å². The van der Waals surface area contributed by atoms with Crippen molar-refractivity contribution >= 4 is 5.97 Å². The SMILES string of the molecule is Cc1ccccc1C1CCN(CC(=O)OC(C)C)CC1. The van der Waals surface area contributed by atoms with E-state index in [1.165, 1.54) is 11.1 Å². The van der Waals surface area contributed by atoms with Crippen molar-refractivity contribution in [1.29, 1.82) is 0 Å². The Morgan fingerprint density at radius 2 is 1.95 bits per heavy atom. The largest absolute Gasteiger partial charge is 0.462 e. The highest BCUT2D eigenvalue weighted by Gasteiger charge is 2.23. The number of benzene rings is 1. The number of hydrogen-bond acceptors (Lipinski definition) is 3. The average Bonchev–Trinajstić information content (AvgIpc) is 2.39. The zero-order valence-electron chi connectivity index (χ0n) is 12.8. The van der Waals surface area contributed by atoms with E-state index in [1.54, 1.807) is 0 Å². The van der Waals surface area contributed by atoms with Gasteiger partial charge >= 0.3 is 5.97 Å². The summed E-state index contributed by atoms with van der Waals surface area (Å²) in [5.74, 6) is 0.530. The minimum Gasteiger partial charge on any atom is -0.462 e. The molecule has 3 heteroatoms. The van der Waals surface area contributed by atoms with Crippen molar-refractivity contribution in [3.8, 4) is 0 Å². The molecule has 1 heterocycles. The molecule has 1 aliphatic heterocycles. The molecule has 0 bridgehead atoms. The molecule has 0 saturated carbocycles. The molecule has 20 heavy (non-hydrogen) atoms. The van der Waals surface area contributed by atoms with Gasteiger partial charge in [0.1, 0.15) is 0 Å². The van der Waals surface area contributed by atoms with Crippen molar-refractivity contribution in [3.05, 3.63) is 35.4 Å². The first-order valence-corrected chi connectivity index (χ1v) is 7.53. The first-order chi connectivity index (χ1) is 9.56. The lowest BCUT2D eigenvalue weighted by molar-refractivity contribution is -0.148. The first kappa shape index (κ1) is 15.0. The van der Waals surface area contributed by atoms with Gasteiger partial charge in [0.2, 0.25) is 0 Å². The summed E-state index contributed by atoms with van der Waals surface area (Å²) in [5.41, 5.74) is 2.85.